The summed E-state index contributed by atoms with van der Waals surface area (Å²) in [6, 6.07) is 11.4. The number of nitriles is 1. The van der Waals surface area contributed by atoms with Gasteiger partial charge in [-0.1, -0.05) is 35.0 Å². The molecule has 30 heavy (non-hydrogen) atoms. The molecule has 0 spiro atoms. The smallest absolute Gasteiger partial charge is 0.244 e. The molecule has 0 aliphatic carbocycles. The summed E-state index contributed by atoms with van der Waals surface area (Å²) < 4.78 is 28.0. The van der Waals surface area contributed by atoms with Crippen molar-refractivity contribution in [3.8, 4) is 6.07 Å². The van der Waals surface area contributed by atoms with E-state index in [-0.39, 0.29) is 35.5 Å². The average molecular weight is 484 g/mol. The van der Waals surface area contributed by atoms with Gasteiger partial charge in [-0.3, -0.25) is 4.79 Å². The summed E-state index contributed by atoms with van der Waals surface area (Å²) in [6.45, 7) is 4.06. The van der Waals surface area contributed by atoms with Gasteiger partial charge in [0, 0.05) is 39.0 Å². The number of carbonyl (C=O) groups is 1. The van der Waals surface area contributed by atoms with Gasteiger partial charge in [0.25, 0.3) is 0 Å². The van der Waals surface area contributed by atoms with Crippen LogP contribution >= 0.6 is 35.0 Å². The van der Waals surface area contributed by atoms with Crippen molar-refractivity contribution in [1.82, 2.24) is 9.21 Å². The van der Waals surface area contributed by atoms with Crippen molar-refractivity contribution < 1.29 is 13.2 Å². The number of hydrogen-bond acceptors (Lipinski definition) is 5. The third kappa shape index (κ3) is 4.93. The first-order valence-electron chi connectivity index (χ1n) is 9.09. The van der Waals surface area contributed by atoms with E-state index < -0.39 is 10.0 Å². The van der Waals surface area contributed by atoms with Crippen LogP contribution in [0.1, 0.15) is 19.4 Å². The van der Waals surface area contributed by atoms with Gasteiger partial charge in [0.1, 0.15) is 0 Å². The van der Waals surface area contributed by atoms with Gasteiger partial charge in [-0.05, 0) is 50.2 Å². The Morgan fingerprint density at radius 3 is 2.33 bits per heavy atom. The summed E-state index contributed by atoms with van der Waals surface area (Å²) >= 11 is 13.3. The van der Waals surface area contributed by atoms with Gasteiger partial charge in [-0.2, -0.15) is 9.57 Å². The maximum absolute atomic E-state index is 13.4. The van der Waals surface area contributed by atoms with Crippen LogP contribution in [0.5, 0.6) is 0 Å². The fourth-order valence-electron chi connectivity index (χ4n) is 3.13. The molecule has 1 heterocycles. The molecule has 2 aromatic carbocycles. The first kappa shape index (κ1) is 22.9. The lowest BCUT2D eigenvalue weighted by Crippen LogP contribution is -2.54. The Bertz CT molecular complexity index is 1110. The summed E-state index contributed by atoms with van der Waals surface area (Å²) in [5.74, 6) is -0.243. The molecular weight excluding hydrogens is 465 g/mol. The largest absolute Gasteiger partial charge is 0.338 e. The minimum absolute atomic E-state index is 0.00275. The van der Waals surface area contributed by atoms with Crippen molar-refractivity contribution >= 4 is 50.9 Å². The van der Waals surface area contributed by atoms with E-state index in [1.54, 1.807) is 35.2 Å². The van der Waals surface area contributed by atoms with Gasteiger partial charge < -0.3 is 4.90 Å². The molecule has 0 saturated carbocycles. The summed E-state index contributed by atoms with van der Waals surface area (Å²) in [5, 5.41) is 10.1. The normalized spacial score (nSPS) is 15.5. The van der Waals surface area contributed by atoms with Crippen LogP contribution in [0.3, 0.4) is 0 Å². The second-order valence-electron chi connectivity index (χ2n) is 7.00. The second-order valence-corrected chi connectivity index (χ2v) is 10.9. The number of sulfonamides is 1. The van der Waals surface area contributed by atoms with Gasteiger partial charge in [0.15, 0.2) is 0 Å². The predicted octanol–water partition coefficient (Wildman–Crippen LogP) is 4.26. The molecule has 2 aromatic rings. The van der Waals surface area contributed by atoms with Crippen molar-refractivity contribution in [3.05, 3.63) is 52.0 Å². The van der Waals surface area contributed by atoms with E-state index >= 15 is 0 Å². The predicted molar refractivity (Wildman–Crippen MR) is 117 cm³/mol. The minimum Gasteiger partial charge on any atom is -0.338 e. The van der Waals surface area contributed by atoms with Crippen molar-refractivity contribution in [2.75, 3.05) is 19.6 Å². The Kier molecular flexibility index (Phi) is 7.00. The van der Waals surface area contributed by atoms with Crippen molar-refractivity contribution in [2.24, 2.45) is 0 Å². The van der Waals surface area contributed by atoms with Crippen LogP contribution in [0.2, 0.25) is 10.0 Å². The van der Waals surface area contributed by atoms with E-state index in [1.165, 1.54) is 22.1 Å². The zero-order chi connectivity index (χ0) is 22.1. The Hall–Kier alpha value is -1.76. The number of piperazine rings is 1. The molecule has 0 unspecified atom stereocenters. The van der Waals surface area contributed by atoms with Crippen molar-refractivity contribution in [1.29, 1.82) is 5.26 Å². The summed E-state index contributed by atoms with van der Waals surface area (Å²) in [6.07, 6.45) is 0. The summed E-state index contributed by atoms with van der Waals surface area (Å²) in [4.78, 5) is 15.1. The van der Waals surface area contributed by atoms with Gasteiger partial charge in [-0.15, -0.1) is 0 Å². The molecule has 0 N–H and O–H groups in total. The number of rotatable bonds is 5. The van der Waals surface area contributed by atoms with E-state index in [1.807, 2.05) is 19.9 Å². The van der Waals surface area contributed by atoms with Crippen LogP contribution < -0.4 is 0 Å². The standard InChI is InChI=1S/C20H19Cl2N3O3S2/c1-13(2)25-6-5-24(12-20(25)26)30(27,28)19-7-14(11-23)3-4-18(19)29-17-9-15(21)8-16(22)10-17/h3-4,7-10,13H,5-6,12H2,1-2H3. The van der Waals surface area contributed by atoms with E-state index in [0.29, 0.717) is 26.4 Å². The molecule has 1 aliphatic rings. The monoisotopic (exact) mass is 483 g/mol. The molecule has 0 bridgehead atoms. The lowest BCUT2D eigenvalue weighted by Gasteiger charge is -2.36. The number of hydrogen-bond donors (Lipinski definition) is 0. The Morgan fingerprint density at radius 2 is 1.77 bits per heavy atom. The first-order chi connectivity index (χ1) is 14.1. The third-order valence-electron chi connectivity index (χ3n) is 4.60. The van der Waals surface area contributed by atoms with E-state index in [9.17, 15) is 18.5 Å². The number of nitrogens with zero attached hydrogens (tertiary/aromatic N) is 3. The Morgan fingerprint density at radius 1 is 1.10 bits per heavy atom. The molecule has 1 fully saturated rings. The molecule has 0 radical (unpaired) electrons. The molecule has 6 nitrogen and oxygen atoms in total. The molecule has 1 aliphatic heterocycles. The van der Waals surface area contributed by atoms with Crippen LogP contribution in [-0.4, -0.2) is 49.2 Å². The SMILES string of the molecule is CC(C)N1CCN(S(=O)(=O)c2cc(C#N)ccc2Sc2cc(Cl)cc(Cl)c2)CC1=O. The van der Waals surface area contributed by atoms with Crippen molar-refractivity contribution in [3.63, 3.8) is 0 Å². The van der Waals surface area contributed by atoms with Crippen LogP contribution in [0.4, 0.5) is 0 Å². The van der Waals surface area contributed by atoms with Gasteiger partial charge in [0.05, 0.1) is 23.1 Å². The number of carbonyl (C=O) groups excluding carboxylic acids is 1. The Labute approximate surface area is 190 Å². The highest BCUT2D eigenvalue weighted by Gasteiger charge is 2.35. The number of halogens is 2. The van der Waals surface area contributed by atoms with Gasteiger partial charge >= 0.3 is 0 Å². The van der Waals surface area contributed by atoms with E-state index in [0.717, 1.165) is 0 Å². The second kappa shape index (κ2) is 9.16. The molecule has 0 atom stereocenters. The molecule has 1 amide bonds. The molecule has 1 saturated heterocycles. The van der Waals surface area contributed by atoms with Crippen LogP contribution in [0.15, 0.2) is 51.1 Å². The molecule has 0 aromatic heterocycles. The maximum Gasteiger partial charge on any atom is 0.244 e. The number of amides is 1. The zero-order valence-electron chi connectivity index (χ0n) is 16.3. The van der Waals surface area contributed by atoms with Crippen LogP contribution in [0, 0.1) is 11.3 Å². The first-order valence-corrected chi connectivity index (χ1v) is 12.1. The maximum atomic E-state index is 13.4. The van der Waals surface area contributed by atoms with Gasteiger partial charge in [-0.25, -0.2) is 8.42 Å². The summed E-state index contributed by atoms with van der Waals surface area (Å²) in [7, 11) is -4.00. The van der Waals surface area contributed by atoms with Crippen LogP contribution in [0.25, 0.3) is 0 Å². The Balaban J connectivity index is 1.99. The molecule has 158 valence electrons. The van der Waals surface area contributed by atoms with Crippen LogP contribution in [-0.2, 0) is 14.8 Å². The molecule has 10 heteroatoms. The van der Waals surface area contributed by atoms with Crippen molar-refractivity contribution in [2.45, 2.75) is 34.6 Å². The highest BCUT2D eigenvalue weighted by Crippen LogP contribution is 2.37. The molecule has 3 rings (SSSR count). The highest BCUT2D eigenvalue weighted by atomic mass is 35.5. The third-order valence-corrected chi connectivity index (χ3v) is 8.10. The van der Waals surface area contributed by atoms with Gasteiger partial charge in [0.2, 0.25) is 15.9 Å². The summed E-state index contributed by atoms with van der Waals surface area (Å²) in [5.41, 5.74) is 0.217. The highest BCUT2D eigenvalue weighted by molar-refractivity contribution is 8.00. The fourth-order valence-corrected chi connectivity index (χ4v) is 6.63. The topological polar surface area (TPSA) is 81.5 Å². The van der Waals surface area contributed by atoms with E-state index in [4.69, 9.17) is 23.2 Å². The zero-order valence-corrected chi connectivity index (χ0v) is 19.4. The molecular formula is C20H19Cl2N3O3S2. The van der Waals surface area contributed by atoms with E-state index in [2.05, 4.69) is 0 Å². The lowest BCUT2D eigenvalue weighted by molar-refractivity contribution is -0.135. The fraction of sp³-hybridized carbons (Fsp3) is 0.300. The minimum atomic E-state index is -4.00. The average Bonchev–Trinajstić information content (AvgIpc) is 2.67. The quantitative estimate of drug-likeness (QED) is 0.634. The lowest BCUT2D eigenvalue weighted by atomic mass is 10.2. The number of benzene rings is 2.